The number of β-amino-alcohol motifs (C(OH)–C–C–N with tert-alkyl or cyclic N) is 1. The normalized spacial score (nSPS) is 19.6. The molecular formula is C18H15FeNO5. The molecule has 1 aromatic rings. The molecule has 1 aliphatic heterocycles. The molecule has 7 heteroatoms. The van der Waals surface area contributed by atoms with Gasteiger partial charge in [-0.1, -0.05) is 18.2 Å². The van der Waals surface area contributed by atoms with Crippen LogP contribution in [-0.2, 0) is 35.8 Å². The number of hydrogen-bond donors (Lipinski definition) is 1. The van der Waals surface area contributed by atoms with E-state index in [1.165, 1.54) is 0 Å². The molecule has 0 aromatic heterocycles. The maximum Gasteiger partial charge on any atom is 0 e. The Morgan fingerprint density at radius 2 is 1.60 bits per heavy atom. The van der Waals surface area contributed by atoms with Crippen molar-refractivity contribution < 1.29 is 40.9 Å². The summed E-state index contributed by atoms with van der Waals surface area (Å²) in [5.74, 6) is -0.0122. The summed E-state index contributed by atoms with van der Waals surface area (Å²) >= 11 is 0. The average molecular weight is 381 g/mol. The Labute approximate surface area is 158 Å². The van der Waals surface area contributed by atoms with Crippen LogP contribution in [0, 0.1) is 51.0 Å². The Hall–Kier alpha value is -1.61. The van der Waals surface area contributed by atoms with E-state index in [9.17, 15) is 9.90 Å². The summed E-state index contributed by atoms with van der Waals surface area (Å²) in [6, 6.07) is 9.50. The monoisotopic (exact) mass is 381 g/mol. The van der Waals surface area contributed by atoms with Gasteiger partial charge in [-0.2, -0.15) is 0 Å². The largest absolute Gasteiger partial charge is 0 e. The molecule has 130 valence electrons. The van der Waals surface area contributed by atoms with Gasteiger partial charge in [0.1, 0.15) is 0 Å². The fourth-order valence-corrected chi connectivity index (χ4v) is 2.69. The summed E-state index contributed by atoms with van der Waals surface area (Å²) in [5.41, 5.74) is 0.0892. The maximum atomic E-state index is 12.6. The summed E-state index contributed by atoms with van der Waals surface area (Å²) in [4.78, 5) is 14.2. The molecular weight excluding hydrogens is 366 g/mol. The number of carbonyl (C=O) groups is 1. The molecule has 1 heterocycles. The quantitative estimate of drug-likeness (QED) is 0.453. The van der Waals surface area contributed by atoms with Crippen LogP contribution in [0.25, 0.3) is 0 Å². The van der Waals surface area contributed by atoms with Crippen LogP contribution >= 0.6 is 0 Å². The molecule has 1 amide bonds. The summed E-state index contributed by atoms with van der Waals surface area (Å²) in [6.45, 7) is 13.9. The number of anilines is 1. The minimum Gasteiger partial charge on any atom is 0 e. The third-order valence-electron chi connectivity index (χ3n) is 3.76. The summed E-state index contributed by atoms with van der Waals surface area (Å²) < 4.78 is 22.5. The summed E-state index contributed by atoms with van der Waals surface area (Å²) in [5, 5.41) is 10.3. The van der Waals surface area contributed by atoms with Gasteiger partial charge in [0.2, 0.25) is 5.91 Å². The molecule has 0 bridgehead atoms. The molecule has 0 unspecified atom stereocenters. The first-order valence-electron chi connectivity index (χ1n) is 6.75. The second kappa shape index (κ2) is 13.7. The Morgan fingerprint density at radius 3 is 2.08 bits per heavy atom. The molecule has 4 radical (unpaired) electrons. The first kappa shape index (κ1) is 25.6. The number of carbonyl (C=O) groups excluding carboxylic acids is 1. The molecule has 3 rings (SSSR count). The van der Waals surface area contributed by atoms with Gasteiger partial charge in [-0.3, -0.25) is 4.79 Å². The number of aliphatic hydroxyl groups is 1. The zero-order valence-corrected chi connectivity index (χ0v) is 14.2. The second-order valence-corrected chi connectivity index (χ2v) is 4.80. The first-order chi connectivity index (χ1) is 11.7. The molecule has 25 heavy (non-hydrogen) atoms. The van der Waals surface area contributed by atoms with Gasteiger partial charge < -0.3 is 10.0 Å². The van der Waals surface area contributed by atoms with Gasteiger partial charge in [0, 0.05) is 22.8 Å². The van der Waals surface area contributed by atoms with E-state index in [2.05, 4.69) is 20.0 Å². The molecule has 1 aromatic carbocycles. The minimum atomic E-state index is -0.759. The third kappa shape index (κ3) is 5.71. The van der Waals surface area contributed by atoms with Gasteiger partial charge in [-0.15, -0.1) is 0 Å². The van der Waals surface area contributed by atoms with E-state index < -0.39 is 11.5 Å². The number of benzene rings is 1. The van der Waals surface area contributed by atoms with E-state index in [0.29, 0.717) is 13.0 Å². The molecule has 2 atom stereocenters. The molecule has 2 aliphatic rings. The Morgan fingerprint density at radius 1 is 1.04 bits per heavy atom. The van der Waals surface area contributed by atoms with E-state index in [0.717, 1.165) is 5.69 Å². The van der Waals surface area contributed by atoms with Gasteiger partial charge >= 0.3 is 33.9 Å². The van der Waals surface area contributed by atoms with Crippen LogP contribution in [0.1, 0.15) is 6.42 Å². The van der Waals surface area contributed by atoms with E-state index in [1.54, 1.807) is 4.90 Å². The van der Waals surface area contributed by atoms with Crippen LogP contribution in [-0.4, -0.2) is 23.7 Å². The molecule has 1 saturated carbocycles. The van der Waals surface area contributed by atoms with Crippen molar-refractivity contribution in [1.29, 1.82) is 0 Å². The smallest absolute Gasteiger partial charge is 0 e. The van der Waals surface area contributed by atoms with Gasteiger partial charge in [-0.05, 0) is 44.2 Å². The van der Waals surface area contributed by atoms with Crippen molar-refractivity contribution in [3.05, 3.63) is 76.0 Å². The molecule has 1 saturated heterocycles. The predicted molar refractivity (Wildman–Crippen MR) is 80.8 cm³/mol. The van der Waals surface area contributed by atoms with Crippen molar-refractivity contribution in [3.8, 4) is 0 Å². The molecule has 1 N–H and O–H groups in total. The van der Waals surface area contributed by atoms with Crippen molar-refractivity contribution in [1.82, 2.24) is 0 Å². The van der Waals surface area contributed by atoms with Crippen LogP contribution in [0.2, 0.25) is 0 Å². The first-order valence-corrected chi connectivity index (χ1v) is 6.75. The Kier molecular flexibility index (Phi) is 14.0. The maximum absolute atomic E-state index is 12.6. The van der Waals surface area contributed by atoms with Gasteiger partial charge in [0.25, 0.3) is 0 Å². The van der Waals surface area contributed by atoms with Crippen LogP contribution in [0.5, 0.6) is 0 Å². The summed E-state index contributed by atoms with van der Waals surface area (Å²) in [6.07, 6.45) is 7.47. The number of amides is 1. The topological polar surface area (TPSA) is 100 Å². The zero-order valence-electron chi connectivity index (χ0n) is 13.1. The van der Waals surface area contributed by atoms with Crippen molar-refractivity contribution in [2.45, 2.75) is 12.5 Å². The van der Waals surface area contributed by atoms with Gasteiger partial charge in [0.15, 0.2) is 0 Å². The predicted octanol–water partition coefficient (Wildman–Crippen LogP) is 1.49. The van der Waals surface area contributed by atoms with Crippen LogP contribution in [0.15, 0.2) is 30.3 Å². The Bertz CT molecular complexity index is 550. The van der Waals surface area contributed by atoms with E-state index in [4.69, 9.17) is 14.0 Å². The minimum absolute atomic E-state index is 0. The zero-order chi connectivity index (χ0) is 18.6. The van der Waals surface area contributed by atoms with E-state index in [1.807, 2.05) is 56.0 Å². The fraction of sp³-hybridized carbons (Fsp3) is 0.222. The van der Waals surface area contributed by atoms with Gasteiger partial charge in [0.05, 0.1) is 18.1 Å². The number of aliphatic hydroxyl groups excluding tert-OH is 1. The van der Waals surface area contributed by atoms with Crippen LogP contribution in [0.3, 0.4) is 0 Å². The molecule has 2 fully saturated rings. The average Bonchev–Trinajstić information content (AvgIpc) is 2.93. The summed E-state index contributed by atoms with van der Waals surface area (Å²) in [7, 11) is 0. The van der Waals surface area contributed by atoms with Crippen molar-refractivity contribution in [2.24, 2.45) is 5.41 Å². The van der Waals surface area contributed by atoms with E-state index >= 15 is 0 Å². The van der Waals surface area contributed by atoms with Crippen molar-refractivity contribution in [3.63, 3.8) is 0 Å². The standard InChI is InChI=1S/C15H15NO2.3CO.Fe/c17-13-11-16(12-7-3-1-4-8-12)14(18)15(13)9-5-2-6-10-15;3*1-2;/h1-9,13,17H,10-11H2;;;;/t13-,15-;;;;/m1..../s1. The second-order valence-electron chi connectivity index (χ2n) is 4.80. The molecule has 6 nitrogen and oxygen atoms in total. The van der Waals surface area contributed by atoms with Gasteiger partial charge in [-0.25, -0.2) is 0 Å². The van der Waals surface area contributed by atoms with Crippen LogP contribution < -0.4 is 4.90 Å². The fourth-order valence-electron chi connectivity index (χ4n) is 2.69. The SMILES string of the molecule is O=C1N(c2ccccc2)C[C@@H](O)[C@]12[CH][CH][CH][CH]C2.[C-]#[O+].[C-]#[O+].[C-]#[O+].[Fe]. The number of para-hydroxylation sites is 1. The van der Waals surface area contributed by atoms with Crippen molar-refractivity contribution in [2.75, 3.05) is 11.4 Å². The number of rotatable bonds is 1. The molecule has 1 aliphatic carbocycles. The van der Waals surface area contributed by atoms with E-state index in [-0.39, 0.29) is 23.0 Å². The van der Waals surface area contributed by atoms with Crippen LogP contribution in [0.4, 0.5) is 5.69 Å². The van der Waals surface area contributed by atoms with Crippen molar-refractivity contribution >= 4 is 11.6 Å². The number of nitrogens with zero attached hydrogens (tertiary/aromatic N) is 1. The third-order valence-corrected chi connectivity index (χ3v) is 3.76. The Balaban J connectivity index is 0. The molecule has 1 spiro atoms. The number of hydrogen-bond acceptors (Lipinski definition) is 2.